The Labute approximate surface area is 128 Å². The molecule has 2 fully saturated rings. The molecule has 0 aromatic carbocycles. The van der Waals surface area contributed by atoms with Gasteiger partial charge in [0, 0.05) is 35.0 Å². The van der Waals surface area contributed by atoms with Gasteiger partial charge in [-0.15, -0.1) is 0 Å². The Hall–Kier alpha value is -2.11. The van der Waals surface area contributed by atoms with E-state index in [0.717, 1.165) is 23.4 Å². The van der Waals surface area contributed by atoms with Gasteiger partial charge in [0.25, 0.3) is 0 Å². The molecule has 0 bridgehead atoms. The number of amides is 1. The van der Waals surface area contributed by atoms with Gasteiger partial charge in [-0.3, -0.25) is 14.8 Å². The molecule has 1 aromatic heterocycles. The van der Waals surface area contributed by atoms with Crippen molar-refractivity contribution in [1.82, 2.24) is 15.1 Å². The zero-order valence-corrected chi connectivity index (χ0v) is 13.2. The number of fused-ring (bicyclic) bond motifs is 1. The average molecular weight is 301 g/mol. The molecule has 1 saturated carbocycles. The van der Waals surface area contributed by atoms with Crippen LogP contribution in [0.1, 0.15) is 48.9 Å². The summed E-state index contributed by atoms with van der Waals surface area (Å²) in [7, 11) is 0. The zero-order valence-electron chi connectivity index (χ0n) is 13.2. The number of aromatic nitrogens is 2. The second kappa shape index (κ2) is 3.80. The number of nitrogens with zero attached hydrogens (tertiary/aromatic N) is 2. The van der Waals surface area contributed by atoms with Crippen LogP contribution in [0.3, 0.4) is 0 Å². The van der Waals surface area contributed by atoms with Crippen LogP contribution in [0, 0.1) is 12.8 Å². The van der Waals surface area contributed by atoms with Crippen LogP contribution in [0.5, 0.6) is 0 Å². The molecule has 2 aliphatic carbocycles. The van der Waals surface area contributed by atoms with Crippen molar-refractivity contribution in [1.29, 1.82) is 0 Å². The monoisotopic (exact) mass is 301 g/mol. The lowest BCUT2D eigenvalue weighted by atomic mass is 9.84. The van der Waals surface area contributed by atoms with E-state index in [4.69, 9.17) is 4.74 Å². The number of carbonyl (C=O) groups excluding carboxylic acids is 2. The van der Waals surface area contributed by atoms with Gasteiger partial charge in [-0.2, -0.15) is 5.10 Å². The third-order valence-electron chi connectivity index (χ3n) is 4.76. The summed E-state index contributed by atoms with van der Waals surface area (Å²) in [6, 6.07) is 0. The number of hydrogen-bond acceptors (Lipinski definition) is 4. The van der Waals surface area contributed by atoms with Crippen LogP contribution < -0.4 is 0 Å². The van der Waals surface area contributed by atoms with E-state index >= 15 is 0 Å². The third-order valence-corrected chi connectivity index (χ3v) is 4.76. The number of nitrogens with one attached hydrogen (secondary N) is 1. The van der Waals surface area contributed by atoms with Gasteiger partial charge in [-0.25, -0.2) is 4.79 Å². The quantitative estimate of drug-likeness (QED) is 0.798. The molecular weight excluding hydrogens is 282 g/mol. The fraction of sp³-hybridized carbons (Fsp3) is 0.562. The maximum atomic E-state index is 12.4. The largest absolute Gasteiger partial charge is 0.443 e. The van der Waals surface area contributed by atoms with Gasteiger partial charge in [0.1, 0.15) is 11.3 Å². The Morgan fingerprint density at radius 2 is 2.23 bits per heavy atom. The Kier molecular flexibility index (Phi) is 2.34. The number of rotatable bonds is 0. The summed E-state index contributed by atoms with van der Waals surface area (Å²) in [6.45, 7) is 8.07. The molecule has 6 nitrogen and oxygen atoms in total. The number of aromatic amines is 1. The highest BCUT2D eigenvalue weighted by atomic mass is 16.6. The standard InChI is InChI=1S/C16H19N3O3/c1-8-12-13(18-17-8)10(20)5-11-16(12)6-9(16)7-19(11)14(21)22-15(2,3)4/h5,9H,6-7H2,1-4H3,(H,17,18)/t9-,16+/m1/s1. The SMILES string of the molecule is Cc1[nH]nc2c1[C@@]13C[C@@H]1CN(C(=O)OC(C)(C)C)C3=CC2=O. The van der Waals surface area contributed by atoms with E-state index in [0.29, 0.717) is 18.2 Å². The fourth-order valence-electron chi connectivity index (χ4n) is 3.90. The Bertz CT molecular complexity index is 740. The van der Waals surface area contributed by atoms with Crippen molar-refractivity contribution in [3.63, 3.8) is 0 Å². The molecule has 2 heterocycles. The first-order chi connectivity index (χ1) is 10.2. The van der Waals surface area contributed by atoms with Gasteiger partial charge in [0.15, 0.2) is 0 Å². The van der Waals surface area contributed by atoms with Crippen molar-refractivity contribution in [2.75, 3.05) is 6.54 Å². The van der Waals surface area contributed by atoms with Crippen molar-refractivity contribution < 1.29 is 14.3 Å². The van der Waals surface area contributed by atoms with E-state index in [2.05, 4.69) is 10.2 Å². The molecular formula is C16H19N3O3. The number of hydrogen-bond donors (Lipinski definition) is 1. The summed E-state index contributed by atoms with van der Waals surface area (Å²) in [5, 5.41) is 7.06. The number of aryl methyl sites for hydroxylation is 1. The summed E-state index contributed by atoms with van der Waals surface area (Å²) in [6.07, 6.45) is 2.17. The lowest BCUT2D eigenvalue weighted by Crippen LogP contribution is -2.37. The molecule has 1 N–H and O–H groups in total. The highest BCUT2D eigenvalue weighted by molar-refractivity contribution is 6.08. The van der Waals surface area contributed by atoms with E-state index in [-0.39, 0.29) is 17.3 Å². The molecule has 1 aliphatic heterocycles. The van der Waals surface area contributed by atoms with E-state index in [1.54, 1.807) is 11.0 Å². The predicted molar refractivity (Wildman–Crippen MR) is 78.5 cm³/mol. The maximum Gasteiger partial charge on any atom is 0.414 e. The molecule has 1 spiro atoms. The smallest absolute Gasteiger partial charge is 0.414 e. The van der Waals surface area contributed by atoms with Crippen molar-refractivity contribution >= 4 is 11.9 Å². The predicted octanol–water partition coefficient (Wildman–Crippen LogP) is 2.31. The van der Waals surface area contributed by atoms with Crippen LogP contribution in [0.25, 0.3) is 0 Å². The topological polar surface area (TPSA) is 75.3 Å². The van der Waals surface area contributed by atoms with Crippen LogP contribution in [0.15, 0.2) is 11.8 Å². The van der Waals surface area contributed by atoms with Crippen LogP contribution in [-0.2, 0) is 10.2 Å². The molecule has 0 radical (unpaired) electrons. The third kappa shape index (κ3) is 1.58. The average Bonchev–Trinajstić information content (AvgIpc) is 2.78. The summed E-state index contributed by atoms with van der Waals surface area (Å²) >= 11 is 0. The Morgan fingerprint density at radius 1 is 1.50 bits per heavy atom. The second-order valence-electron chi connectivity index (χ2n) is 7.43. The molecule has 1 amide bonds. The van der Waals surface area contributed by atoms with Crippen LogP contribution in [0.4, 0.5) is 4.79 Å². The van der Waals surface area contributed by atoms with Crippen molar-refractivity contribution in [2.45, 2.75) is 45.1 Å². The molecule has 0 unspecified atom stereocenters. The van der Waals surface area contributed by atoms with E-state index in [9.17, 15) is 9.59 Å². The number of allylic oxidation sites excluding steroid dienone is 2. The fourth-order valence-corrected chi connectivity index (χ4v) is 3.90. The van der Waals surface area contributed by atoms with Gasteiger partial charge >= 0.3 is 6.09 Å². The van der Waals surface area contributed by atoms with Gasteiger partial charge in [-0.1, -0.05) is 0 Å². The molecule has 3 aliphatic rings. The van der Waals surface area contributed by atoms with Gasteiger partial charge in [0.2, 0.25) is 5.78 Å². The molecule has 4 rings (SSSR count). The number of piperidine rings is 1. The first-order valence-corrected chi connectivity index (χ1v) is 7.56. The molecule has 2 atom stereocenters. The first kappa shape index (κ1) is 13.5. The molecule has 1 saturated heterocycles. The number of H-pyrrole nitrogens is 1. The van der Waals surface area contributed by atoms with Gasteiger partial charge < -0.3 is 4.74 Å². The summed E-state index contributed by atoms with van der Waals surface area (Å²) in [5.74, 6) is 0.218. The van der Waals surface area contributed by atoms with E-state index < -0.39 is 5.60 Å². The van der Waals surface area contributed by atoms with Crippen molar-refractivity contribution in [3.05, 3.63) is 28.7 Å². The zero-order chi connectivity index (χ0) is 15.9. The second-order valence-corrected chi connectivity index (χ2v) is 7.43. The Balaban J connectivity index is 1.75. The minimum atomic E-state index is -0.549. The van der Waals surface area contributed by atoms with Crippen LogP contribution in [-0.4, -0.2) is 39.1 Å². The summed E-state index contributed by atoms with van der Waals surface area (Å²) < 4.78 is 5.48. The van der Waals surface area contributed by atoms with Gasteiger partial charge in [-0.05, 0) is 40.0 Å². The normalized spacial score (nSPS) is 28.7. The highest BCUT2D eigenvalue weighted by Crippen LogP contribution is 2.67. The number of ether oxygens (including phenoxy) is 1. The number of carbonyl (C=O) groups is 2. The van der Waals surface area contributed by atoms with Crippen molar-refractivity contribution in [2.24, 2.45) is 5.92 Å². The number of likely N-dealkylation sites (tertiary alicyclic amines) is 1. The number of ketones is 1. The lowest BCUT2D eigenvalue weighted by molar-refractivity contribution is 0.0322. The molecule has 6 heteroatoms. The van der Waals surface area contributed by atoms with Crippen molar-refractivity contribution in [3.8, 4) is 0 Å². The lowest BCUT2D eigenvalue weighted by Gasteiger charge is -2.30. The maximum absolute atomic E-state index is 12.4. The molecule has 22 heavy (non-hydrogen) atoms. The van der Waals surface area contributed by atoms with Crippen LogP contribution >= 0.6 is 0 Å². The minimum Gasteiger partial charge on any atom is -0.443 e. The van der Waals surface area contributed by atoms with Gasteiger partial charge in [0.05, 0.1) is 0 Å². The molecule has 1 aromatic rings. The molecule has 116 valence electrons. The van der Waals surface area contributed by atoms with Crippen LogP contribution in [0.2, 0.25) is 0 Å². The summed E-state index contributed by atoms with van der Waals surface area (Å²) in [4.78, 5) is 26.4. The first-order valence-electron chi connectivity index (χ1n) is 7.56. The summed E-state index contributed by atoms with van der Waals surface area (Å²) in [5.41, 5.74) is 2.43. The van der Waals surface area contributed by atoms with E-state index in [1.807, 2.05) is 27.7 Å². The van der Waals surface area contributed by atoms with E-state index in [1.165, 1.54) is 0 Å². The highest BCUT2D eigenvalue weighted by Gasteiger charge is 2.68. The Morgan fingerprint density at radius 3 is 2.91 bits per heavy atom. The minimum absolute atomic E-state index is 0.138.